The molecule has 0 fully saturated rings. The summed E-state index contributed by atoms with van der Waals surface area (Å²) in [5.41, 5.74) is 0.974. The number of carbonyl (C=O) groups excluding carboxylic acids is 2. The summed E-state index contributed by atoms with van der Waals surface area (Å²) in [7, 11) is 0. The van der Waals surface area contributed by atoms with Crippen LogP contribution < -0.4 is 4.74 Å². The Labute approximate surface area is 254 Å². The Balaban J connectivity index is 2.71. The van der Waals surface area contributed by atoms with E-state index in [1.807, 2.05) is 13.0 Å². The van der Waals surface area contributed by atoms with Gasteiger partial charge in [0.15, 0.2) is 0 Å². The fourth-order valence-corrected chi connectivity index (χ4v) is 4.80. The molecule has 0 radical (unpaired) electrons. The third-order valence-electron chi connectivity index (χ3n) is 7.49. The SMILES string of the molecule is CCCCOCCOC(=O)CCCC(C)(C)c1cc(OCC)c(C(C)(C)CCCC(=O)OCCOCCCC)cc1O. The zero-order valence-electron chi connectivity index (χ0n) is 27.5. The van der Waals surface area contributed by atoms with Crippen LogP contribution in [-0.2, 0) is 39.4 Å². The van der Waals surface area contributed by atoms with E-state index in [1.54, 1.807) is 6.07 Å². The molecule has 1 aromatic carbocycles. The summed E-state index contributed by atoms with van der Waals surface area (Å²) in [4.78, 5) is 24.3. The van der Waals surface area contributed by atoms with Crippen LogP contribution in [0.15, 0.2) is 12.1 Å². The molecule has 0 atom stereocenters. The molecule has 1 aromatic rings. The zero-order valence-corrected chi connectivity index (χ0v) is 27.5. The topological polar surface area (TPSA) is 101 Å². The van der Waals surface area contributed by atoms with Crippen LogP contribution in [0.1, 0.15) is 124 Å². The molecule has 42 heavy (non-hydrogen) atoms. The Hall–Kier alpha value is -2.32. The normalized spacial score (nSPS) is 11.9. The number of hydrogen-bond donors (Lipinski definition) is 1. The summed E-state index contributed by atoms with van der Waals surface area (Å²) >= 11 is 0. The van der Waals surface area contributed by atoms with Crippen LogP contribution in [-0.4, -0.2) is 63.3 Å². The van der Waals surface area contributed by atoms with E-state index in [0.29, 0.717) is 65.1 Å². The van der Waals surface area contributed by atoms with Crippen LogP contribution in [0.2, 0.25) is 0 Å². The number of rotatable bonds is 24. The maximum Gasteiger partial charge on any atom is 0.305 e. The summed E-state index contributed by atoms with van der Waals surface area (Å²) in [5.74, 6) is 0.489. The molecule has 8 nitrogen and oxygen atoms in total. The number of esters is 2. The quantitative estimate of drug-likeness (QED) is 0.0976. The van der Waals surface area contributed by atoms with Crippen molar-refractivity contribution in [3.63, 3.8) is 0 Å². The first-order valence-electron chi connectivity index (χ1n) is 16.0. The van der Waals surface area contributed by atoms with E-state index in [4.69, 9.17) is 23.7 Å². The van der Waals surface area contributed by atoms with Crippen LogP contribution in [0.5, 0.6) is 11.5 Å². The fraction of sp³-hybridized carbons (Fsp3) is 0.765. The molecule has 0 amide bonds. The number of benzene rings is 1. The zero-order chi connectivity index (χ0) is 31.4. The minimum absolute atomic E-state index is 0.209. The van der Waals surface area contributed by atoms with Gasteiger partial charge in [0.2, 0.25) is 0 Å². The van der Waals surface area contributed by atoms with Gasteiger partial charge in [-0.05, 0) is 68.4 Å². The molecule has 0 aliphatic heterocycles. The molecule has 0 aromatic heterocycles. The van der Waals surface area contributed by atoms with Crippen molar-refractivity contribution >= 4 is 11.9 Å². The van der Waals surface area contributed by atoms with Gasteiger partial charge < -0.3 is 28.8 Å². The number of phenolic OH excluding ortho intramolecular Hbond substituents is 1. The van der Waals surface area contributed by atoms with Crippen LogP contribution in [0.4, 0.5) is 0 Å². The highest BCUT2D eigenvalue weighted by molar-refractivity contribution is 5.69. The van der Waals surface area contributed by atoms with Crippen LogP contribution in [0.3, 0.4) is 0 Å². The predicted octanol–water partition coefficient (Wildman–Crippen LogP) is 7.41. The second-order valence-corrected chi connectivity index (χ2v) is 12.1. The molecule has 0 aliphatic carbocycles. The summed E-state index contributed by atoms with van der Waals surface area (Å²) in [6.45, 7) is 17.8. The average molecular weight is 595 g/mol. The standard InChI is InChI=1S/C34H58O8/c1-8-11-19-38-21-23-41-31(36)15-13-17-33(4,5)27-26-30(40-10-3)28(25-29(27)35)34(6,7)18-14-16-32(37)42-24-22-39-20-12-9-2/h25-26,35H,8-24H2,1-7H3. The smallest absolute Gasteiger partial charge is 0.305 e. The first-order chi connectivity index (χ1) is 20.0. The number of unbranched alkanes of at least 4 members (excludes halogenated alkanes) is 2. The summed E-state index contributed by atoms with van der Waals surface area (Å²) in [6, 6.07) is 3.75. The fourth-order valence-electron chi connectivity index (χ4n) is 4.80. The van der Waals surface area contributed by atoms with E-state index < -0.39 is 0 Å². The Morgan fingerprint density at radius 2 is 1.14 bits per heavy atom. The number of ether oxygens (including phenoxy) is 5. The Bertz CT molecular complexity index is 909. The monoisotopic (exact) mass is 594 g/mol. The first-order valence-corrected chi connectivity index (χ1v) is 16.0. The second-order valence-electron chi connectivity index (χ2n) is 12.1. The van der Waals surface area contributed by atoms with Gasteiger partial charge in [-0.1, -0.05) is 54.4 Å². The molecule has 0 spiro atoms. The first kappa shape index (κ1) is 37.7. The van der Waals surface area contributed by atoms with Crippen molar-refractivity contribution in [1.29, 1.82) is 0 Å². The molecule has 242 valence electrons. The van der Waals surface area contributed by atoms with Crippen molar-refractivity contribution in [2.24, 2.45) is 0 Å². The minimum atomic E-state index is -0.383. The Morgan fingerprint density at radius 1 is 0.667 bits per heavy atom. The van der Waals surface area contributed by atoms with Gasteiger partial charge in [-0.2, -0.15) is 0 Å². The lowest BCUT2D eigenvalue weighted by Gasteiger charge is -2.31. The summed E-state index contributed by atoms with van der Waals surface area (Å²) < 4.78 is 27.5. The molecule has 0 saturated carbocycles. The maximum absolute atomic E-state index is 12.2. The third-order valence-corrected chi connectivity index (χ3v) is 7.49. The molecule has 0 unspecified atom stereocenters. The maximum atomic E-state index is 12.2. The number of carbonyl (C=O) groups is 2. The Kier molecular flexibility index (Phi) is 18.5. The second kappa shape index (κ2) is 20.6. The van der Waals surface area contributed by atoms with E-state index >= 15 is 0 Å². The van der Waals surface area contributed by atoms with E-state index in [1.165, 1.54) is 0 Å². The molecule has 0 bridgehead atoms. The van der Waals surface area contributed by atoms with Crippen molar-refractivity contribution < 1.29 is 38.4 Å². The van der Waals surface area contributed by atoms with Gasteiger partial charge >= 0.3 is 11.9 Å². The van der Waals surface area contributed by atoms with Crippen molar-refractivity contribution in [2.45, 2.75) is 124 Å². The summed E-state index contributed by atoms with van der Waals surface area (Å²) in [6.07, 6.45) is 7.53. The lowest BCUT2D eigenvalue weighted by Crippen LogP contribution is -2.22. The molecule has 1 rings (SSSR count). The molecule has 1 N–H and O–H groups in total. The molecular weight excluding hydrogens is 536 g/mol. The van der Waals surface area contributed by atoms with Gasteiger partial charge in [0.05, 0.1) is 19.8 Å². The van der Waals surface area contributed by atoms with Gasteiger partial charge in [-0.15, -0.1) is 0 Å². The van der Waals surface area contributed by atoms with Crippen molar-refractivity contribution in [1.82, 2.24) is 0 Å². The lowest BCUT2D eigenvalue weighted by atomic mass is 9.75. The molecular formula is C34H58O8. The summed E-state index contributed by atoms with van der Waals surface area (Å²) in [5, 5.41) is 11.1. The Morgan fingerprint density at radius 3 is 1.60 bits per heavy atom. The number of phenols is 1. The molecule has 8 heteroatoms. The molecule has 0 heterocycles. The average Bonchev–Trinajstić information content (AvgIpc) is 2.93. The van der Waals surface area contributed by atoms with Crippen LogP contribution >= 0.6 is 0 Å². The van der Waals surface area contributed by atoms with Crippen molar-refractivity contribution in [3.05, 3.63) is 23.3 Å². The highest BCUT2D eigenvalue weighted by atomic mass is 16.6. The van der Waals surface area contributed by atoms with Gasteiger partial charge in [-0.3, -0.25) is 9.59 Å². The van der Waals surface area contributed by atoms with Gasteiger partial charge in [0.25, 0.3) is 0 Å². The number of aromatic hydroxyl groups is 1. The number of hydrogen-bond acceptors (Lipinski definition) is 8. The van der Waals surface area contributed by atoms with E-state index in [9.17, 15) is 14.7 Å². The van der Waals surface area contributed by atoms with E-state index in [0.717, 1.165) is 49.0 Å². The van der Waals surface area contributed by atoms with E-state index in [2.05, 4.69) is 41.5 Å². The van der Waals surface area contributed by atoms with E-state index in [-0.39, 0.29) is 41.7 Å². The third kappa shape index (κ3) is 14.7. The van der Waals surface area contributed by atoms with Gasteiger partial charge in [0.1, 0.15) is 24.7 Å². The van der Waals surface area contributed by atoms with Crippen molar-refractivity contribution in [3.8, 4) is 11.5 Å². The highest BCUT2D eigenvalue weighted by Crippen LogP contribution is 2.44. The highest BCUT2D eigenvalue weighted by Gasteiger charge is 2.30. The van der Waals surface area contributed by atoms with Gasteiger partial charge in [-0.25, -0.2) is 0 Å². The minimum Gasteiger partial charge on any atom is -0.508 e. The largest absolute Gasteiger partial charge is 0.508 e. The van der Waals surface area contributed by atoms with Crippen molar-refractivity contribution in [2.75, 3.05) is 46.2 Å². The van der Waals surface area contributed by atoms with Gasteiger partial charge in [0, 0.05) is 37.2 Å². The molecule has 0 saturated heterocycles. The predicted molar refractivity (Wildman–Crippen MR) is 166 cm³/mol. The lowest BCUT2D eigenvalue weighted by molar-refractivity contribution is -0.146. The van der Waals surface area contributed by atoms with Crippen LogP contribution in [0, 0.1) is 0 Å². The molecule has 0 aliphatic rings. The van der Waals surface area contributed by atoms with Crippen LogP contribution in [0.25, 0.3) is 0 Å².